The van der Waals surface area contributed by atoms with E-state index in [0.29, 0.717) is 0 Å². The number of rotatable bonds is 1. The van der Waals surface area contributed by atoms with Gasteiger partial charge in [-0.05, 0) is 30.2 Å². The van der Waals surface area contributed by atoms with Crippen LogP contribution in [0, 0.1) is 23.2 Å². The Morgan fingerprint density at radius 1 is 1.46 bits per heavy atom. The average molecular weight is 170 g/mol. The van der Waals surface area contributed by atoms with Gasteiger partial charge in [0.25, 0.3) is 0 Å². The second-order valence-electron chi connectivity index (χ2n) is 2.63. The number of nitrogens with two attached hydrogens (primary N) is 1. The lowest BCUT2D eigenvalue weighted by Gasteiger charge is -2.01. The van der Waals surface area contributed by atoms with Gasteiger partial charge >= 0.3 is 0 Å². The molecule has 2 heteroatoms. The molecule has 1 rings (SSSR count). The fourth-order valence-electron chi connectivity index (χ4n) is 1.09. The van der Waals surface area contributed by atoms with E-state index in [1.54, 1.807) is 6.07 Å². The monoisotopic (exact) mass is 170 g/mol. The molecule has 0 unspecified atom stereocenters. The van der Waals surface area contributed by atoms with E-state index in [9.17, 15) is 0 Å². The van der Waals surface area contributed by atoms with E-state index in [1.165, 1.54) is 0 Å². The lowest BCUT2D eigenvalue weighted by molar-refractivity contribution is 1.14. The van der Waals surface area contributed by atoms with Crippen LogP contribution in [0.2, 0.25) is 0 Å². The van der Waals surface area contributed by atoms with Crippen LogP contribution in [0.5, 0.6) is 0 Å². The van der Waals surface area contributed by atoms with Crippen LogP contribution in [0.15, 0.2) is 18.2 Å². The van der Waals surface area contributed by atoms with E-state index in [4.69, 9.17) is 11.0 Å². The molecule has 0 radical (unpaired) electrons. The lowest BCUT2D eigenvalue weighted by Crippen LogP contribution is -1.92. The van der Waals surface area contributed by atoms with E-state index >= 15 is 0 Å². The van der Waals surface area contributed by atoms with Crippen LogP contribution in [-0.2, 0) is 6.42 Å². The molecule has 0 atom stereocenters. The zero-order chi connectivity index (χ0) is 9.68. The van der Waals surface area contributed by atoms with Gasteiger partial charge in [-0.25, -0.2) is 0 Å². The molecular formula is C11H10N2. The fraction of sp³-hybridized carbons (Fsp3) is 0.182. The van der Waals surface area contributed by atoms with Crippen LogP contribution < -0.4 is 5.73 Å². The Morgan fingerprint density at radius 2 is 2.23 bits per heavy atom. The summed E-state index contributed by atoms with van der Waals surface area (Å²) >= 11 is 0. The minimum Gasteiger partial charge on any atom is -0.399 e. The van der Waals surface area contributed by atoms with Crippen molar-refractivity contribution >= 4 is 5.69 Å². The summed E-state index contributed by atoms with van der Waals surface area (Å²) in [6, 6.07) is 7.33. The maximum absolute atomic E-state index is 8.26. The number of benzene rings is 1. The van der Waals surface area contributed by atoms with Gasteiger partial charge in [-0.1, -0.05) is 12.8 Å². The Kier molecular flexibility index (Phi) is 2.95. The van der Waals surface area contributed by atoms with Gasteiger partial charge in [0, 0.05) is 17.2 Å². The zero-order valence-corrected chi connectivity index (χ0v) is 7.46. The Hall–Kier alpha value is -1.93. The summed E-state index contributed by atoms with van der Waals surface area (Å²) in [6.07, 6.45) is 0.883. The first-order chi connectivity index (χ1) is 6.27. The summed E-state index contributed by atoms with van der Waals surface area (Å²) in [5.74, 6) is 5.08. The number of hydrogen-bond donors (Lipinski definition) is 1. The number of anilines is 1. The SMILES string of the molecule is CCc1cc(C#CC#N)ccc1N. The summed E-state index contributed by atoms with van der Waals surface area (Å²) in [4.78, 5) is 0. The highest BCUT2D eigenvalue weighted by Crippen LogP contribution is 2.13. The van der Waals surface area contributed by atoms with Gasteiger partial charge in [0.15, 0.2) is 6.07 Å². The fourth-order valence-corrected chi connectivity index (χ4v) is 1.09. The molecule has 0 bridgehead atoms. The summed E-state index contributed by atoms with van der Waals surface area (Å²) < 4.78 is 0. The molecule has 0 heterocycles. The summed E-state index contributed by atoms with van der Waals surface area (Å²) in [5.41, 5.74) is 8.41. The Labute approximate surface area is 78.0 Å². The smallest absolute Gasteiger partial charge is 0.152 e. The van der Waals surface area contributed by atoms with Crippen molar-refractivity contribution in [3.63, 3.8) is 0 Å². The van der Waals surface area contributed by atoms with Crippen LogP contribution in [0.1, 0.15) is 18.1 Å². The Bertz CT molecular complexity index is 402. The van der Waals surface area contributed by atoms with E-state index in [1.807, 2.05) is 25.1 Å². The van der Waals surface area contributed by atoms with Crippen molar-refractivity contribution in [2.45, 2.75) is 13.3 Å². The first kappa shape index (κ1) is 9.16. The van der Waals surface area contributed by atoms with Gasteiger partial charge in [0.2, 0.25) is 0 Å². The van der Waals surface area contributed by atoms with Crippen LogP contribution >= 0.6 is 0 Å². The quantitative estimate of drug-likeness (QED) is 0.515. The van der Waals surface area contributed by atoms with Crippen LogP contribution in [0.25, 0.3) is 0 Å². The molecule has 0 spiro atoms. The van der Waals surface area contributed by atoms with E-state index in [0.717, 1.165) is 23.2 Å². The Morgan fingerprint density at radius 3 is 2.85 bits per heavy atom. The first-order valence-corrected chi connectivity index (χ1v) is 4.06. The molecule has 0 aliphatic carbocycles. The second kappa shape index (κ2) is 4.18. The van der Waals surface area contributed by atoms with Crippen molar-refractivity contribution in [1.29, 1.82) is 5.26 Å². The minimum atomic E-state index is 0.782. The zero-order valence-electron chi connectivity index (χ0n) is 7.46. The third kappa shape index (κ3) is 2.25. The van der Waals surface area contributed by atoms with E-state index < -0.39 is 0 Å². The van der Waals surface area contributed by atoms with Gasteiger partial charge in [-0.15, -0.1) is 0 Å². The van der Waals surface area contributed by atoms with Crippen molar-refractivity contribution in [3.05, 3.63) is 29.3 Å². The molecule has 64 valence electrons. The highest BCUT2D eigenvalue weighted by molar-refractivity contribution is 5.52. The molecule has 2 nitrogen and oxygen atoms in total. The maximum Gasteiger partial charge on any atom is 0.152 e. The first-order valence-electron chi connectivity index (χ1n) is 4.06. The van der Waals surface area contributed by atoms with Gasteiger partial charge in [0.1, 0.15) is 0 Å². The number of hydrogen-bond acceptors (Lipinski definition) is 2. The van der Waals surface area contributed by atoms with Crippen LogP contribution in [0.4, 0.5) is 5.69 Å². The molecule has 0 aliphatic rings. The summed E-state index contributed by atoms with van der Waals surface area (Å²) in [5, 5.41) is 8.26. The largest absolute Gasteiger partial charge is 0.399 e. The van der Waals surface area contributed by atoms with E-state index in [2.05, 4.69) is 11.8 Å². The summed E-state index contributed by atoms with van der Waals surface area (Å²) in [7, 11) is 0. The molecule has 13 heavy (non-hydrogen) atoms. The molecule has 0 aromatic heterocycles. The van der Waals surface area contributed by atoms with Gasteiger partial charge in [-0.2, -0.15) is 5.26 Å². The molecule has 2 N–H and O–H groups in total. The van der Waals surface area contributed by atoms with Crippen molar-refractivity contribution in [2.75, 3.05) is 5.73 Å². The molecule has 0 fully saturated rings. The third-order valence-corrected chi connectivity index (χ3v) is 1.79. The summed E-state index contributed by atoms with van der Waals surface area (Å²) in [6.45, 7) is 2.03. The minimum absolute atomic E-state index is 0.782. The van der Waals surface area contributed by atoms with Gasteiger partial charge < -0.3 is 5.73 Å². The normalized spacial score (nSPS) is 8.31. The predicted molar refractivity (Wildman–Crippen MR) is 52.7 cm³/mol. The topological polar surface area (TPSA) is 49.8 Å². The van der Waals surface area contributed by atoms with Gasteiger partial charge in [0.05, 0.1) is 0 Å². The van der Waals surface area contributed by atoms with Crippen LogP contribution in [-0.4, -0.2) is 0 Å². The van der Waals surface area contributed by atoms with Crippen LogP contribution in [0.3, 0.4) is 0 Å². The van der Waals surface area contributed by atoms with E-state index in [-0.39, 0.29) is 0 Å². The highest BCUT2D eigenvalue weighted by Gasteiger charge is 1.96. The molecule has 1 aromatic carbocycles. The number of nitrogen functional groups attached to an aromatic ring is 1. The number of nitriles is 1. The predicted octanol–water partition coefficient (Wildman–Crippen LogP) is 1.71. The molecular weight excluding hydrogens is 160 g/mol. The third-order valence-electron chi connectivity index (χ3n) is 1.79. The number of aryl methyl sites for hydroxylation is 1. The molecule has 0 saturated carbocycles. The maximum atomic E-state index is 8.26. The molecule has 0 amide bonds. The van der Waals surface area contributed by atoms with Crippen molar-refractivity contribution in [1.82, 2.24) is 0 Å². The lowest BCUT2D eigenvalue weighted by atomic mass is 10.1. The standard InChI is InChI=1S/C11H10N2/c1-2-10-8-9(4-3-7-12)5-6-11(10)13/h5-6,8H,2,13H2,1H3. The Balaban J connectivity index is 3.08. The number of nitrogens with zero attached hydrogens (tertiary/aromatic N) is 1. The molecule has 1 aromatic rings. The molecule has 0 saturated heterocycles. The second-order valence-corrected chi connectivity index (χ2v) is 2.63. The highest BCUT2D eigenvalue weighted by atomic mass is 14.6. The average Bonchev–Trinajstić information content (AvgIpc) is 2.16. The molecule has 0 aliphatic heterocycles. The van der Waals surface area contributed by atoms with Crippen molar-refractivity contribution < 1.29 is 0 Å². The van der Waals surface area contributed by atoms with Crippen molar-refractivity contribution in [3.8, 4) is 17.9 Å². The van der Waals surface area contributed by atoms with Gasteiger partial charge in [-0.3, -0.25) is 0 Å². The van der Waals surface area contributed by atoms with Crippen molar-refractivity contribution in [2.24, 2.45) is 0 Å².